The van der Waals surface area contributed by atoms with Gasteiger partial charge in [-0.25, -0.2) is 9.07 Å². The van der Waals surface area contributed by atoms with E-state index in [9.17, 15) is 18.0 Å². The van der Waals surface area contributed by atoms with Gasteiger partial charge in [0.2, 0.25) is 5.91 Å². The van der Waals surface area contributed by atoms with Crippen molar-refractivity contribution in [2.75, 3.05) is 11.9 Å². The van der Waals surface area contributed by atoms with Crippen LogP contribution in [-0.4, -0.2) is 22.2 Å². The molecule has 1 aromatic carbocycles. The quantitative estimate of drug-likeness (QED) is 0.845. The molecule has 1 aliphatic rings. The summed E-state index contributed by atoms with van der Waals surface area (Å²) in [5.41, 5.74) is 2.63. The molecule has 1 aliphatic heterocycles. The van der Waals surface area contributed by atoms with Crippen molar-refractivity contribution < 1.29 is 18.0 Å². The Bertz CT molecular complexity index is 823. The lowest BCUT2D eigenvalue weighted by atomic mass is 9.99. The average Bonchev–Trinajstić information content (AvgIpc) is 2.86. The van der Waals surface area contributed by atoms with E-state index < -0.39 is 18.3 Å². The Morgan fingerprint density at radius 3 is 2.77 bits per heavy atom. The van der Waals surface area contributed by atoms with E-state index in [-0.39, 0.29) is 30.2 Å². The number of alkyl halides is 2. The van der Waals surface area contributed by atoms with Gasteiger partial charge >= 0.3 is 6.55 Å². The fourth-order valence-corrected chi connectivity index (χ4v) is 3.13. The molecule has 0 radical (unpaired) electrons. The number of fused-ring (bicyclic) bond motifs is 1. The fourth-order valence-electron chi connectivity index (χ4n) is 3.13. The monoisotopic (exact) mass is 388 g/mol. The van der Waals surface area contributed by atoms with Crippen molar-refractivity contribution in [3.63, 3.8) is 0 Å². The predicted octanol–water partition coefficient (Wildman–Crippen LogP) is 3.28. The van der Waals surface area contributed by atoms with E-state index in [0.29, 0.717) is 41.0 Å². The van der Waals surface area contributed by atoms with Crippen LogP contribution in [0.15, 0.2) is 12.1 Å². The van der Waals surface area contributed by atoms with Crippen LogP contribution in [-0.2, 0) is 24.2 Å². The Morgan fingerprint density at radius 2 is 2.12 bits per heavy atom. The van der Waals surface area contributed by atoms with Gasteiger partial charge < -0.3 is 10.6 Å². The van der Waals surface area contributed by atoms with Gasteiger partial charge in [0.15, 0.2) is 0 Å². The summed E-state index contributed by atoms with van der Waals surface area (Å²) in [6.45, 7) is 1.59. The van der Waals surface area contributed by atoms with Crippen molar-refractivity contribution >= 4 is 24.0 Å². The van der Waals surface area contributed by atoms with Gasteiger partial charge in [0, 0.05) is 17.8 Å². The minimum atomic E-state index is -2.76. The van der Waals surface area contributed by atoms with Crippen molar-refractivity contribution in [3.8, 4) is 0 Å². The van der Waals surface area contributed by atoms with E-state index >= 15 is 0 Å². The van der Waals surface area contributed by atoms with Gasteiger partial charge in [0.25, 0.3) is 0 Å². The Balaban J connectivity index is 0.00000243. The normalized spacial score (nSPS) is 13.3. The van der Waals surface area contributed by atoms with E-state index in [1.165, 1.54) is 13.0 Å². The van der Waals surface area contributed by atoms with E-state index in [2.05, 4.69) is 15.7 Å². The number of nitrogens with zero attached hydrogens (tertiary/aromatic N) is 2. The molecule has 0 aliphatic carbocycles. The number of hydrogen-bond donors (Lipinski definition) is 2. The van der Waals surface area contributed by atoms with Gasteiger partial charge in [-0.2, -0.15) is 13.9 Å². The van der Waals surface area contributed by atoms with E-state index in [4.69, 9.17) is 0 Å². The number of amides is 1. The number of anilines is 1. The van der Waals surface area contributed by atoms with Crippen LogP contribution in [0, 0.1) is 19.7 Å². The van der Waals surface area contributed by atoms with Crippen molar-refractivity contribution in [2.45, 2.75) is 39.8 Å². The molecular weight excluding hydrogens is 369 g/mol. The molecule has 2 aromatic rings. The summed E-state index contributed by atoms with van der Waals surface area (Å²) in [5, 5.41) is 9.45. The second-order valence-corrected chi connectivity index (χ2v) is 6.09. The number of rotatable bonds is 4. The van der Waals surface area contributed by atoms with Crippen LogP contribution in [0.4, 0.5) is 18.9 Å². The third-order valence-electron chi connectivity index (χ3n) is 4.48. The molecule has 26 heavy (non-hydrogen) atoms. The Labute approximate surface area is 155 Å². The molecule has 0 unspecified atom stereocenters. The number of benzene rings is 1. The molecule has 0 spiro atoms. The highest BCUT2D eigenvalue weighted by Crippen LogP contribution is 2.25. The highest BCUT2D eigenvalue weighted by atomic mass is 35.5. The maximum Gasteiger partial charge on any atom is 0.333 e. The standard InChI is InChI=1S/C17H19F3N4O.ClH/c1-9-13(10(2)24(23-9)17(19)20)7-15(25)22-14-4-3-11-8-21-6-5-12(11)16(14)18;/h3-4,17,21H,5-8H2,1-2H3,(H,22,25);1H. The molecule has 2 heterocycles. The molecule has 0 bridgehead atoms. The van der Waals surface area contributed by atoms with Gasteiger partial charge in [-0.15, -0.1) is 12.4 Å². The number of hydrogen-bond acceptors (Lipinski definition) is 3. The summed E-state index contributed by atoms with van der Waals surface area (Å²) >= 11 is 0. The maximum atomic E-state index is 14.6. The first kappa shape index (κ1) is 20.3. The summed E-state index contributed by atoms with van der Waals surface area (Å²) in [6, 6.07) is 3.31. The molecule has 3 rings (SSSR count). The second kappa shape index (κ2) is 8.09. The molecule has 2 N–H and O–H groups in total. The number of halogens is 4. The summed E-state index contributed by atoms with van der Waals surface area (Å²) < 4.78 is 40.9. The van der Waals surface area contributed by atoms with Crippen molar-refractivity contribution in [3.05, 3.63) is 46.0 Å². The molecule has 0 fully saturated rings. The largest absolute Gasteiger partial charge is 0.333 e. The number of aromatic nitrogens is 2. The third kappa shape index (κ3) is 3.86. The topological polar surface area (TPSA) is 59.0 Å². The number of nitrogens with one attached hydrogen (secondary N) is 2. The summed E-state index contributed by atoms with van der Waals surface area (Å²) in [5.74, 6) is -0.892. The molecule has 9 heteroatoms. The Hall–Kier alpha value is -2.06. The van der Waals surface area contributed by atoms with Crippen LogP contribution in [0.2, 0.25) is 0 Å². The van der Waals surface area contributed by atoms with E-state index in [1.807, 2.05) is 0 Å². The van der Waals surface area contributed by atoms with Crippen LogP contribution >= 0.6 is 12.4 Å². The molecule has 5 nitrogen and oxygen atoms in total. The van der Waals surface area contributed by atoms with Crippen LogP contribution < -0.4 is 10.6 Å². The molecule has 142 valence electrons. The lowest BCUT2D eigenvalue weighted by molar-refractivity contribution is -0.115. The van der Waals surface area contributed by atoms with Crippen LogP contribution in [0.3, 0.4) is 0 Å². The van der Waals surface area contributed by atoms with Crippen LogP contribution in [0.1, 0.15) is 34.6 Å². The fraction of sp³-hybridized carbons (Fsp3) is 0.412. The van der Waals surface area contributed by atoms with Crippen molar-refractivity contribution in [1.29, 1.82) is 0 Å². The summed E-state index contributed by atoms with van der Waals surface area (Å²) in [7, 11) is 0. The maximum absolute atomic E-state index is 14.6. The zero-order valence-corrected chi connectivity index (χ0v) is 15.2. The van der Waals surface area contributed by atoms with Crippen molar-refractivity contribution in [2.24, 2.45) is 0 Å². The Kier molecular flexibility index (Phi) is 6.30. The minimum Gasteiger partial charge on any atom is -0.323 e. The van der Waals surface area contributed by atoms with Gasteiger partial charge in [-0.1, -0.05) is 6.07 Å². The number of carbonyl (C=O) groups excluding carboxylic acids is 1. The smallest absolute Gasteiger partial charge is 0.323 e. The highest BCUT2D eigenvalue weighted by Gasteiger charge is 2.21. The zero-order valence-electron chi connectivity index (χ0n) is 14.4. The average molecular weight is 389 g/mol. The summed E-state index contributed by atoms with van der Waals surface area (Å²) in [4.78, 5) is 12.3. The first-order valence-electron chi connectivity index (χ1n) is 8.02. The first-order chi connectivity index (χ1) is 11.9. The SMILES string of the molecule is Cc1nn(C(F)F)c(C)c1CC(=O)Nc1ccc2c(c1F)CCNC2.Cl. The zero-order chi connectivity index (χ0) is 18.1. The molecule has 1 aromatic heterocycles. The molecule has 1 amide bonds. The predicted molar refractivity (Wildman–Crippen MR) is 94.3 cm³/mol. The Morgan fingerprint density at radius 1 is 1.38 bits per heavy atom. The van der Waals surface area contributed by atoms with Gasteiger partial charge in [-0.3, -0.25) is 4.79 Å². The lowest BCUT2D eigenvalue weighted by Gasteiger charge is -2.19. The highest BCUT2D eigenvalue weighted by molar-refractivity contribution is 5.92. The number of carbonyl (C=O) groups is 1. The van der Waals surface area contributed by atoms with Gasteiger partial charge in [-0.05, 0) is 44.0 Å². The van der Waals surface area contributed by atoms with Gasteiger partial charge in [0.1, 0.15) is 5.82 Å². The van der Waals surface area contributed by atoms with Crippen molar-refractivity contribution in [1.82, 2.24) is 15.1 Å². The molecule has 0 atom stereocenters. The van der Waals surface area contributed by atoms with Crippen LogP contribution in [0.5, 0.6) is 0 Å². The van der Waals surface area contributed by atoms with Gasteiger partial charge in [0.05, 0.1) is 17.8 Å². The molecule has 0 saturated heterocycles. The lowest BCUT2D eigenvalue weighted by Crippen LogP contribution is -2.25. The van der Waals surface area contributed by atoms with E-state index in [1.54, 1.807) is 13.0 Å². The molecule has 0 saturated carbocycles. The second-order valence-electron chi connectivity index (χ2n) is 6.09. The number of aryl methyl sites for hydroxylation is 1. The molecular formula is C17H20ClF3N4O. The third-order valence-corrected chi connectivity index (χ3v) is 4.48. The van der Waals surface area contributed by atoms with Crippen LogP contribution in [0.25, 0.3) is 0 Å². The van der Waals surface area contributed by atoms with E-state index in [0.717, 1.165) is 5.56 Å². The summed E-state index contributed by atoms with van der Waals surface area (Å²) in [6.07, 6.45) is 0.423. The minimum absolute atomic E-state index is 0. The first-order valence-corrected chi connectivity index (χ1v) is 8.02.